The van der Waals surface area contributed by atoms with Crippen molar-refractivity contribution in [1.82, 2.24) is 9.97 Å². The molecule has 5 nitrogen and oxygen atoms in total. The Kier molecular flexibility index (Phi) is 10.2. The summed E-state index contributed by atoms with van der Waals surface area (Å²) in [6.07, 6.45) is 10.9. The third-order valence-corrected chi connectivity index (χ3v) is 8.21. The van der Waals surface area contributed by atoms with Crippen LogP contribution in [-0.4, -0.2) is 33.3 Å². The van der Waals surface area contributed by atoms with Gasteiger partial charge in [0.1, 0.15) is 0 Å². The van der Waals surface area contributed by atoms with Crippen LogP contribution in [0.15, 0.2) is 54.9 Å². The zero-order valence-corrected chi connectivity index (χ0v) is 24.7. The fourth-order valence-corrected chi connectivity index (χ4v) is 5.30. The summed E-state index contributed by atoms with van der Waals surface area (Å²) in [5.41, 5.74) is 6.89. The first-order chi connectivity index (χ1) is 18.6. The lowest BCUT2D eigenvalue weighted by atomic mass is 9.69. The van der Waals surface area contributed by atoms with Gasteiger partial charge in [-0.2, -0.15) is 0 Å². The van der Waals surface area contributed by atoms with Crippen molar-refractivity contribution in [3.63, 3.8) is 0 Å². The average molecular weight is 529 g/mol. The van der Waals surface area contributed by atoms with Crippen molar-refractivity contribution >= 4 is 12.0 Å². The molecule has 208 valence electrons. The van der Waals surface area contributed by atoms with Gasteiger partial charge in [0.15, 0.2) is 5.82 Å². The van der Waals surface area contributed by atoms with E-state index >= 15 is 0 Å². The van der Waals surface area contributed by atoms with Gasteiger partial charge in [0.2, 0.25) is 0 Å². The van der Waals surface area contributed by atoms with E-state index in [9.17, 15) is 9.90 Å². The van der Waals surface area contributed by atoms with Crippen molar-refractivity contribution in [2.75, 3.05) is 6.61 Å². The van der Waals surface area contributed by atoms with E-state index < -0.39 is 5.60 Å². The summed E-state index contributed by atoms with van der Waals surface area (Å²) in [7, 11) is 0. The molecular formula is C34H44N2O3. The number of aliphatic hydroxyl groups is 1. The van der Waals surface area contributed by atoms with Crippen LogP contribution < -0.4 is 0 Å². The largest absolute Gasteiger partial charge is 0.466 e. The minimum absolute atomic E-state index is 0.117. The SMILES string of the molecule is CCOC(=O)Cc1cnc(-c2ccc(C(CC)(CC)c3ccc(C=CC(O)(CC)CC)c(C)c3)cc2C)nc1. The summed E-state index contributed by atoms with van der Waals surface area (Å²) >= 11 is 0. The summed E-state index contributed by atoms with van der Waals surface area (Å²) in [5.74, 6) is 0.379. The van der Waals surface area contributed by atoms with Crippen LogP contribution in [0.25, 0.3) is 17.5 Å². The van der Waals surface area contributed by atoms with Crippen LogP contribution in [0.4, 0.5) is 0 Å². The fourth-order valence-electron chi connectivity index (χ4n) is 5.30. The minimum Gasteiger partial charge on any atom is -0.466 e. The van der Waals surface area contributed by atoms with Crippen molar-refractivity contribution in [1.29, 1.82) is 0 Å². The van der Waals surface area contributed by atoms with Gasteiger partial charge in [-0.25, -0.2) is 9.97 Å². The predicted octanol–water partition coefficient (Wildman–Crippen LogP) is 7.54. The number of carbonyl (C=O) groups is 1. The van der Waals surface area contributed by atoms with Crippen molar-refractivity contribution in [3.05, 3.63) is 88.2 Å². The second kappa shape index (κ2) is 13.2. The molecule has 39 heavy (non-hydrogen) atoms. The lowest BCUT2D eigenvalue weighted by Gasteiger charge is -2.34. The highest BCUT2D eigenvalue weighted by Crippen LogP contribution is 2.41. The van der Waals surface area contributed by atoms with Gasteiger partial charge in [-0.05, 0) is 79.8 Å². The molecule has 1 N–H and O–H groups in total. The van der Waals surface area contributed by atoms with E-state index in [4.69, 9.17) is 4.74 Å². The van der Waals surface area contributed by atoms with Crippen molar-refractivity contribution in [2.24, 2.45) is 0 Å². The summed E-state index contributed by atoms with van der Waals surface area (Å²) in [6.45, 7) is 14.9. The van der Waals surface area contributed by atoms with E-state index in [0.717, 1.165) is 35.1 Å². The Morgan fingerprint density at radius 1 is 0.872 bits per heavy atom. The third-order valence-electron chi connectivity index (χ3n) is 8.21. The number of esters is 1. The summed E-state index contributed by atoms with van der Waals surface area (Å²) < 4.78 is 5.02. The van der Waals surface area contributed by atoms with Gasteiger partial charge in [0, 0.05) is 23.4 Å². The fraction of sp³-hybridized carbons (Fsp3) is 0.441. The monoisotopic (exact) mass is 528 g/mol. The second-order valence-electron chi connectivity index (χ2n) is 10.4. The van der Waals surface area contributed by atoms with Crippen LogP contribution >= 0.6 is 0 Å². The topological polar surface area (TPSA) is 72.3 Å². The van der Waals surface area contributed by atoms with E-state index in [0.29, 0.717) is 25.3 Å². The van der Waals surface area contributed by atoms with Gasteiger partial charge in [0.25, 0.3) is 0 Å². The van der Waals surface area contributed by atoms with Gasteiger partial charge in [-0.3, -0.25) is 4.79 Å². The first kappa shape index (κ1) is 30.2. The summed E-state index contributed by atoms with van der Waals surface area (Å²) in [5, 5.41) is 10.7. The Bertz CT molecular complexity index is 1290. The summed E-state index contributed by atoms with van der Waals surface area (Å²) in [4.78, 5) is 20.8. The molecule has 0 bridgehead atoms. The van der Waals surface area contributed by atoms with E-state index in [1.54, 1.807) is 19.3 Å². The number of hydrogen-bond donors (Lipinski definition) is 1. The zero-order chi connectivity index (χ0) is 28.6. The summed E-state index contributed by atoms with van der Waals surface area (Å²) in [6, 6.07) is 13.3. The van der Waals surface area contributed by atoms with E-state index in [1.165, 1.54) is 16.7 Å². The van der Waals surface area contributed by atoms with Gasteiger partial charge in [0.05, 0.1) is 18.6 Å². The third kappa shape index (κ3) is 6.83. The Hall–Kier alpha value is -3.31. The maximum absolute atomic E-state index is 11.8. The van der Waals surface area contributed by atoms with Crippen LogP contribution in [-0.2, 0) is 21.4 Å². The molecule has 0 spiro atoms. The molecule has 0 atom stereocenters. The molecular weight excluding hydrogens is 484 g/mol. The molecule has 3 rings (SSSR count). The number of nitrogens with zero attached hydrogens (tertiary/aromatic N) is 2. The molecule has 0 aliphatic heterocycles. The Balaban J connectivity index is 1.92. The van der Waals surface area contributed by atoms with Gasteiger partial charge >= 0.3 is 5.97 Å². The zero-order valence-electron chi connectivity index (χ0n) is 24.7. The van der Waals surface area contributed by atoms with Crippen LogP contribution in [0.5, 0.6) is 0 Å². The van der Waals surface area contributed by atoms with Crippen LogP contribution in [0.1, 0.15) is 93.7 Å². The molecule has 1 heterocycles. The maximum Gasteiger partial charge on any atom is 0.310 e. The Morgan fingerprint density at radius 2 is 1.46 bits per heavy atom. The van der Waals surface area contributed by atoms with Crippen LogP contribution in [0.2, 0.25) is 0 Å². The lowest BCUT2D eigenvalue weighted by molar-refractivity contribution is -0.142. The molecule has 0 fully saturated rings. The van der Waals surface area contributed by atoms with Gasteiger partial charge < -0.3 is 9.84 Å². The first-order valence-electron chi connectivity index (χ1n) is 14.3. The molecule has 0 saturated carbocycles. The standard InChI is InChI=1S/C34H44N2O3/c1-8-33(38,9-2)18-17-27-13-14-28(19-24(27)6)34(10-3,11-4)29-15-16-30(25(7)20-29)32-35-22-26(23-36-32)21-31(37)39-12-5/h13-20,22-23,38H,8-12,21H2,1-7H3. The smallest absolute Gasteiger partial charge is 0.310 e. The highest BCUT2D eigenvalue weighted by atomic mass is 16.5. The molecule has 3 aromatic rings. The number of benzene rings is 2. The van der Waals surface area contributed by atoms with Gasteiger partial charge in [-0.15, -0.1) is 0 Å². The normalized spacial score (nSPS) is 12.2. The number of aromatic nitrogens is 2. The predicted molar refractivity (Wildman–Crippen MR) is 160 cm³/mol. The van der Waals surface area contributed by atoms with Gasteiger partial charge in [-0.1, -0.05) is 76.2 Å². The number of carbonyl (C=O) groups excluding carboxylic acids is 1. The highest BCUT2D eigenvalue weighted by molar-refractivity contribution is 5.72. The quantitative estimate of drug-likeness (QED) is 0.246. The lowest BCUT2D eigenvalue weighted by Crippen LogP contribution is -2.26. The molecule has 5 heteroatoms. The van der Waals surface area contributed by atoms with E-state index in [2.05, 4.69) is 80.1 Å². The van der Waals surface area contributed by atoms with Crippen molar-refractivity contribution in [2.45, 2.75) is 91.6 Å². The molecule has 0 unspecified atom stereocenters. The number of rotatable bonds is 12. The first-order valence-corrected chi connectivity index (χ1v) is 14.3. The molecule has 0 saturated heterocycles. The molecule has 0 aliphatic carbocycles. The van der Waals surface area contributed by atoms with Crippen LogP contribution in [0, 0.1) is 13.8 Å². The molecule has 2 aromatic carbocycles. The average Bonchev–Trinajstić information content (AvgIpc) is 2.94. The number of hydrogen-bond acceptors (Lipinski definition) is 5. The minimum atomic E-state index is -0.758. The Labute approximate surface area is 234 Å². The van der Waals surface area contributed by atoms with Crippen LogP contribution in [0.3, 0.4) is 0 Å². The second-order valence-corrected chi connectivity index (χ2v) is 10.4. The Morgan fingerprint density at radius 3 is 1.97 bits per heavy atom. The molecule has 0 amide bonds. The van der Waals surface area contributed by atoms with E-state index in [1.807, 2.05) is 19.9 Å². The van der Waals surface area contributed by atoms with E-state index in [-0.39, 0.29) is 17.8 Å². The molecule has 0 aliphatic rings. The highest BCUT2D eigenvalue weighted by Gasteiger charge is 2.31. The van der Waals surface area contributed by atoms with Crippen molar-refractivity contribution in [3.8, 4) is 11.4 Å². The molecule has 1 aromatic heterocycles. The number of ether oxygens (including phenoxy) is 1. The van der Waals surface area contributed by atoms with Crippen molar-refractivity contribution < 1.29 is 14.6 Å². The molecule has 0 radical (unpaired) electrons. The number of aryl methyl sites for hydroxylation is 2. The maximum atomic E-state index is 11.8.